The van der Waals surface area contributed by atoms with Crippen molar-refractivity contribution in [2.24, 2.45) is 10.2 Å². The number of halogens is 4. The number of anilines is 1. The molecule has 1 unspecified atom stereocenters. The summed E-state index contributed by atoms with van der Waals surface area (Å²) >= 11 is 6.61. The Morgan fingerprint density at radius 3 is 2.56 bits per heavy atom. The Labute approximate surface area is 202 Å². The highest BCUT2D eigenvalue weighted by Gasteiger charge is 2.34. The fourth-order valence-corrected chi connectivity index (χ4v) is 4.15. The number of carbonyl (C=O) groups is 2. The van der Waals surface area contributed by atoms with E-state index in [1.807, 2.05) is 19.1 Å². The summed E-state index contributed by atoms with van der Waals surface area (Å²) in [6, 6.07) is 10.3. The molecule has 1 heterocycles. The first kappa shape index (κ1) is 25.6. The molecule has 7 nitrogen and oxygen atoms in total. The van der Waals surface area contributed by atoms with E-state index in [9.17, 15) is 22.8 Å². The van der Waals surface area contributed by atoms with Crippen LogP contribution in [-0.4, -0.2) is 35.1 Å². The molecule has 1 fully saturated rings. The molecule has 0 aromatic heterocycles. The molecule has 0 bridgehead atoms. The average Bonchev–Trinajstić information content (AvgIpc) is 3.14. The van der Waals surface area contributed by atoms with Gasteiger partial charge in [-0.15, -0.1) is 5.10 Å². The lowest BCUT2D eigenvalue weighted by Crippen LogP contribution is -2.28. The second-order valence-electron chi connectivity index (χ2n) is 7.07. The summed E-state index contributed by atoms with van der Waals surface area (Å²) in [5.41, 5.74) is 0.403. The van der Waals surface area contributed by atoms with Crippen molar-refractivity contribution in [1.29, 1.82) is 0 Å². The molecule has 2 aromatic rings. The highest BCUT2D eigenvalue weighted by molar-refractivity contribution is 8.15. The molecule has 3 rings (SSSR count). The number of thioether (sulfide) groups is 1. The second kappa shape index (κ2) is 10.9. The van der Waals surface area contributed by atoms with E-state index in [4.69, 9.17) is 16.3 Å². The Hall–Kier alpha value is -3.05. The maximum atomic E-state index is 13.0. The lowest BCUT2D eigenvalue weighted by atomic mass is 10.1. The zero-order valence-electron chi connectivity index (χ0n) is 18.1. The van der Waals surface area contributed by atoms with Crippen LogP contribution in [0.1, 0.15) is 30.9 Å². The summed E-state index contributed by atoms with van der Waals surface area (Å²) in [6.45, 7) is 1.91. The molecule has 1 aliphatic rings. The number of nitrogens with one attached hydrogen (secondary N) is 2. The smallest absolute Gasteiger partial charge is 0.417 e. The Bertz CT molecular complexity index is 1140. The van der Waals surface area contributed by atoms with Crippen LogP contribution in [0.3, 0.4) is 0 Å². The molecule has 1 aliphatic heterocycles. The van der Waals surface area contributed by atoms with E-state index in [0.29, 0.717) is 17.9 Å². The Balaban J connectivity index is 1.64. The maximum absolute atomic E-state index is 13.0. The zero-order valence-corrected chi connectivity index (χ0v) is 19.6. The van der Waals surface area contributed by atoms with Gasteiger partial charge in [-0.25, -0.2) is 0 Å². The summed E-state index contributed by atoms with van der Waals surface area (Å²) in [4.78, 5) is 24.6. The van der Waals surface area contributed by atoms with Gasteiger partial charge in [0.15, 0.2) is 5.17 Å². The van der Waals surface area contributed by atoms with Crippen molar-refractivity contribution in [2.75, 3.05) is 12.4 Å². The quantitative estimate of drug-likeness (QED) is 0.399. The molecule has 2 amide bonds. The Morgan fingerprint density at radius 2 is 1.94 bits per heavy atom. The van der Waals surface area contributed by atoms with Gasteiger partial charge in [0.1, 0.15) is 11.0 Å². The molecule has 1 atom stereocenters. The number of rotatable bonds is 7. The van der Waals surface area contributed by atoms with Crippen molar-refractivity contribution in [1.82, 2.24) is 5.32 Å². The highest BCUT2D eigenvalue weighted by Crippen LogP contribution is 2.36. The molecular weight excluding hydrogens is 493 g/mol. The van der Waals surface area contributed by atoms with E-state index in [1.165, 1.54) is 6.07 Å². The molecule has 0 radical (unpaired) electrons. The third kappa shape index (κ3) is 6.51. The third-order valence-corrected chi connectivity index (χ3v) is 6.12. The summed E-state index contributed by atoms with van der Waals surface area (Å²) in [5, 5.41) is 12.2. The van der Waals surface area contributed by atoms with Crippen LogP contribution < -0.4 is 15.4 Å². The van der Waals surface area contributed by atoms with Gasteiger partial charge in [-0.2, -0.15) is 18.3 Å². The standard InChI is InChI=1S/C22H20ClF3N4O3S/c1-3-17(12-4-7-14(33-2)8-5-12)29-30-21-28-20(32)18(34-21)11-19(31)27-13-6-9-16(23)15(10-13)22(24,25)26/h4-10,18H,3,11H2,1-2H3,(H,27,31)(H,28,30,32). The summed E-state index contributed by atoms with van der Waals surface area (Å²) < 4.78 is 44.1. The Kier molecular flexibility index (Phi) is 8.21. The molecule has 2 N–H and O–H groups in total. The van der Waals surface area contributed by atoms with Gasteiger partial charge in [0.25, 0.3) is 0 Å². The third-order valence-electron chi connectivity index (χ3n) is 4.72. The van der Waals surface area contributed by atoms with E-state index in [2.05, 4.69) is 20.8 Å². The number of carbonyl (C=O) groups excluding carboxylic acids is 2. The van der Waals surface area contributed by atoms with Gasteiger partial charge in [-0.05, 0) is 54.4 Å². The molecule has 180 valence electrons. The molecule has 12 heteroatoms. The minimum Gasteiger partial charge on any atom is -0.497 e. The van der Waals surface area contributed by atoms with Crippen molar-refractivity contribution < 1.29 is 27.5 Å². The van der Waals surface area contributed by atoms with Gasteiger partial charge in [0.2, 0.25) is 11.8 Å². The first-order valence-electron chi connectivity index (χ1n) is 10.0. The molecule has 2 aromatic carbocycles. The van der Waals surface area contributed by atoms with Crippen LogP contribution in [0.15, 0.2) is 52.7 Å². The van der Waals surface area contributed by atoms with Crippen molar-refractivity contribution in [3.8, 4) is 5.75 Å². The van der Waals surface area contributed by atoms with Gasteiger partial charge in [-0.1, -0.05) is 30.3 Å². The Morgan fingerprint density at radius 1 is 1.24 bits per heavy atom. The van der Waals surface area contributed by atoms with E-state index in [0.717, 1.165) is 29.5 Å². The van der Waals surface area contributed by atoms with E-state index in [-0.39, 0.29) is 17.3 Å². The topological polar surface area (TPSA) is 92.2 Å². The number of hydrogen-bond acceptors (Lipinski definition) is 6. The summed E-state index contributed by atoms with van der Waals surface area (Å²) in [5.74, 6) is -0.359. The lowest BCUT2D eigenvalue weighted by molar-refractivity contribution is -0.137. The number of alkyl halides is 3. The normalized spacial score (nSPS) is 17.6. The predicted molar refractivity (Wildman–Crippen MR) is 126 cm³/mol. The fourth-order valence-electron chi connectivity index (χ4n) is 3.01. The number of ether oxygens (including phenoxy) is 1. The van der Waals surface area contributed by atoms with E-state index in [1.54, 1.807) is 19.2 Å². The molecule has 34 heavy (non-hydrogen) atoms. The number of nitrogens with zero attached hydrogens (tertiary/aromatic N) is 2. The minimum atomic E-state index is -4.66. The van der Waals surface area contributed by atoms with Crippen LogP contribution in [0.25, 0.3) is 0 Å². The molecule has 1 saturated heterocycles. The number of amidine groups is 1. The lowest BCUT2D eigenvalue weighted by Gasteiger charge is -2.12. The fraction of sp³-hybridized carbons (Fsp3) is 0.273. The van der Waals surface area contributed by atoms with E-state index < -0.39 is 33.8 Å². The first-order chi connectivity index (χ1) is 16.1. The monoisotopic (exact) mass is 512 g/mol. The zero-order chi connectivity index (χ0) is 24.9. The molecular formula is C22H20ClF3N4O3S. The summed E-state index contributed by atoms with van der Waals surface area (Å²) in [6.07, 6.45) is -4.33. The maximum Gasteiger partial charge on any atom is 0.417 e. The van der Waals surface area contributed by atoms with Gasteiger partial charge in [0.05, 0.1) is 23.4 Å². The SMILES string of the molecule is CCC(=N/N=C1\NC(=O)C(CC(=O)Nc2ccc(Cl)c(C(F)(F)F)c2)S1)c1ccc(OC)cc1. The first-order valence-corrected chi connectivity index (χ1v) is 11.3. The molecule has 0 spiro atoms. The average molecular weight is 513 g/mol. The number of methoxy groups -OCH3 is 1. The molecule has 0 saturated carbocycles. The summed E-state index contributed by atoms with van der Waals surface area (Å²) in [7, 11) is 1.57. The number of amides is 2. The predicted octanol–water partition coefficient (Wildman–Crippen LogP) is 5.10. The second-order valence-corrected chi connectivity index (χ2v) is 8.67. The van der Waals surface area contributed by atoms with Crippen LogP contribution in [-0.2, 0) is 15.8 Å². The van der Waals surface area contributed by atoms with Gasteiger partial charge >= 0.3 is 6.18 Å². The van der Waals surface area contributed by atoms with Crippen LogP contribution in [0.2, 0.25) is 5.02 Å². The van der Waals surface area contributed by atoms with Crippen LogP contribution >= 0.6 is 23.4 Å². The van der Waals surface area contributed by atoms with Gasteiger partial charge in [-0.3, -0.25) is 9.59 Å². The number of hydrogen-bond donors (Lipinski definition) is 2. The van der Waals surface area contributed by atoms with Crippen LogP contribution in [0, 0.1) is 0 Å². The van der Waals surface area contributed by atoms with Gasteiger partial charge < -0.3 is 15.4 Å². The van der Waals surface area contributed by atoms with Crippen molar-refractivity contribution >= 4 is 51.7 Å². The largest absolute Gasteiger partial charge is 0.497 e. The van der Waals surface area contributed by atoms with Crippen molar-refractivity contribution in [3.05, 3.63) is 58.6 Å². The number of benzene rings is 2. The van der Waals surface area contributed by atoms with Crippen molar-refractivity contribution in [2.45, 2.75) is 31.2 Å². The highest BCUT2D eigenvalue weighted by atomic mass is 35.5. The van der Waals surface area contributed by atoms with Crippen LogP contribution in [0.5, 0.6) is 5.75 Å². The van der Waals surface area contributed by atoms with Crippen LogP contribution in [0.4, 0.5) is 18.9 Å². The van der Waals surface area contributed by atoms with Gasteiger partial charge in [0, 0.05) is 12.1 Å². The van der Waals surface area contributed by atoms with E-state index >= 15 is 0 Å². The minimum absolute atomic E-state index is 0.0734. The molecule has 0 aliphatic carbocycles. The van der Waals surface area contributed by atoms with Crippen molar-refractivity contribution in [3.63, 3.8) is 0 Å².